The molecule has 0 spiro atoms. The molecule has 26 heavy (non-hydrogen) atoms. The molecular weight excluding hydrogens is 326 g/mol. The van der Waals surface area contributed by atoms with Crippen molar-refractivity contribution in [2.75, 3.05) is 26.2 Å². The number of hydrogen-bond acceptors (Lipinski definition) is 4. The van der Waals surface area contributed by atoms with Gasteiger partial charge in [0, 0.05) is 18.2 Å². The Morgan fingerprint density at radius 2 is 2.12 bits per heavy atom. The third kappa shape index (κ3) is 3.88. The minimum absolute atomic E-state index is 0.00811. The monoisotopic (exact) mass is 351 g/mol. The number of hydrogen-bond donors (Lipinski definition) is 1. The van der Waals surface area contributed by atoms with Crippen LogP contribution in [0.1, 0.15) is 24.0 Å². The van der Waals surface area contributed by atoms with Crippen LogP contribution in [-0.4, -0.2) is 48.1 Å². The summed E-state index contributed by atoms with van der Waals surface area (Å²) in [6, 6.07) is 10.3. The Kier molecular flexibility index (Phi) is 4.89. The number of aromatic nitrogens is 1. The molecule has 1 saturated heterocycles. The van der Waals surface area contributed by atoms with E-state index >= 15 is 0 Å². The van der Waals surface area contributed by atoms with E-state index in [-0.39, 0.29) is 12.0 Å². The Balaban J connectivity index is 1.33. The first kappa shape index (κ1) is 17.0. The molecule has 1 atom stereocenters. The number of rotatable bonds is 5. The summed E-state index contributed by atoms with van der Waals surface area (Å²) in [6.45, 7) is 5.17. The molecule has 1 N–H and O–H groups in total. The van der Waals surface area contributed by atoms with E-state index in [2.05, 4.69) is 27.3 Å². The molecule has 2 aromatic rings. The lowest BCUT2D eigenvalue weighted by Crippen LogP contribution is -2.40. The normalized spacial score (nSPS) is 19.2. The maximum absolute atomic E-state index is 12.1. The Labute approximate surface area is 154 Å². The van der Waals surface area contributed by atoms with Gasteiger partial charge in [0.25, 0.3) is 0 Å². The summed E-state index contributed by atoms with van der Waals surface area (Å²) in [5.74, 6) is 1.01. The smallest absolute Gasteiger partial charge is 0.234 e. The van der Waals surface area contributed by atoms with E-state index in [0.29, 0.717) is 13.1 Å². The van der Waals surface area contributed by atoms with Gasteiger partial charge in [-0.25, -0.2) is 0 Å². The molecule has 0 radical (unpaired) electrons. The maximum Gasteiger partial charge on any atom is 0.234 e. The Morgan fingerprint density at radius 1 is 1.27 bits per heavy atom. The molecule has 136 valence electrons. The van der Waals surface area contributed by atoms with Gasteiger partial charge in [0.15, 0.2) is 0 Å². The van der Waals surface area contributed by atoms with Gasteiger partial charge >= 0.3 is 0 Å². The first-order valence-corrected chi connectivity index (χ1v) is 9.39. The molecule has 1 fully saturated rings. The van der Waals surface area contributed by atoms with Crippen molar-refractivity contribution in [2.24, 2.45) is 0 Å². The number of nitrogens with zero attached hydrogens (tertiary/aromatic N) is 2. The number of nitrogens with one attached hydrogen (secondary N) is 1. The van der Waals surface area contributed by atoms with Gasteiger partial charge in [0.05, 0.1) is 18.8 Å². The zero-order valence-corrected chi connectivity index (χ0v) is 15.2. The molecular formula is C21H25N3O2. The van der Waals surface area contributed by atoms with Gasteiger partial charge in [-0.15, -0.1) is 0 Å². The van der Waals surface area contributed by atoms with E-state index in [1.165, 1.54) is 18.4 Å². The average molecular weight is 351 g/mol. The highest BCUT2D eigenvalue weighted by Crippen LogP contribution is 2.32. The fraction of sp³-hybridized carbons (Fsp3) is 0.429. The van der Waals surface area contributed by atoms with Crippen molar-refractivity contribution in [1.82, 2.24) is 15.2 Å². The van der Waals surface area contributed by atoms with Crippen LogP contribution in [-0.2, 0) is 11.2 Å². The second-order valence-electron chi connectivity index (χ2n) is 7.27. The predicted molar refractivity (Wildman–Crippen MR) is 101 cm³/mol. The molecule has 0 saturated carbocycles. The quantitative estimate of drug-likeness (QED) is 0.900. The maximum atomic E-state index is 12.1. The number of aryl methyl sites for hydroxylation is 1. The molecule has 1 aromatic heterocycles. The van der Waals surface area contributed by atoms with Crippen molar-refractivity contribution < 1.29 is 9.53 Å². The van der Waals surface area contributed by atoms with Crippen LogP contribution in [0.25, 0.3) is 11.3 Å². The fourth-order valence-corrected chi connectivity index (χ4v) is 3.66. The fourth-order valence-electron chi connectivity index (χ4n) is 3.66. The van der Waals surface area contributed by atoms with Crippen LogP contribution >= 0.6 is 0 Å². The van der Waals surface area contributed by atoms with Crippen LogP contribution in [0.5, 0.6) is 5.75 Å². The molecule has 0 bridgehead atoms. The van der Waals surface area contributed by atoms with Crippen molar-refractivity contribution >= 4 is 5.91 Å². The zero-order valence-electron chi connectivity index (χ0n) is 15.2. The number of carbonyl (C=O) groups is 1. The highest BCUT2D eigenvalue weighted by Gasteiger charge is 2.24. The lowest BCUT2D eigenvalue weighted by Gasteiger charge is -2.16. The van der Waals surface area contributed by atoms with Crippen LogP contribution in [0.3, 0.4) is 0 Å². The zero-order chi connectivity index (χ0) is 17.9. The summed E-state index contributed by atoms with van der Waals surface area (Å²) < 4.78 is 5.99. The van der Waals surface area contributed by atoms with Crippen molar-refractivity contribution in [1.29, 1.82) is 0 Å². The summed E-state index contributed by atoms with van der Waals surface area (Å²) in [6.07, 6.45) is 5.12. The number of fused-ring (bicyclic) bond motifs is 1. The number of amides is 1. The van der Waals surface area contributed by atoms with Crippen LogP contribution in [0.4, 0.5) is 0 Å². The number of likely N-dealkylation sites (tertiary alicyclic amines) is 1. The minimum Gasteiger partial charge on any atom is -0.488 e. The van der Waals surface area contributed by atoms with E-state index in [1.807, 2.05) is 31.3 Å². The molecule has 5 heteroatoms. The summed E-state index contributed by atoms with van der Waals surface area (Å²) in [4.78, 5) is 18.8. The minimum atomic E-state index is 0.00811. The number of carbonyl (C=O) groups excluding carboxylic acids is 1. The molecule has 4 rings (SSSR count). The van der Waals surface area contributed by atoms with Crippen LogP contribution in [0.15, 0.2) is 36.5 Å². The van der Waals surface area contributed by atoms with E-state index in [9.17, 15) is 4.79 Å². The van der Waals surface area contributed by atoms with Crippen LogP contribution in [0.2, 0.25) is 0 Å². The Hall–Kier alpha value is -2.40. The molecule has 2 aliphatic rings. The SMILES string of the molecule is Cc1ccc(-c2ccc3c(c2)C[C@H](CNC(=O)CN2CCCC2)O3)nc1. The van der Waals surface area contributed by atoms with Crippen molar-refractivity contribution in [3.8, 4) is 17.0 Å². The summed E-state index contributed by atoms with van der Waals surface area (Å²) in [5.41, 5.74) is 4.42. The van der Waals surface area contributed by atoms with Gasteiger partial charge < -0.3 is 10.1 Å². The molecule has 1 amide bonds. The van der Waals surface area contributed by atoms with Crippen LogP contribution < -0.4 is 10.1 Å². The van der Waals surface area contributed by atoms with Gasteiger partial charge in [0.2, 0.25) is 5.91 Å². The number of benzene rings is 1. The first-order chi connectivity index (χ1) is 12.7. The third-order valence-corrected chi connectivity index (χ3v) is 5.10. The molecule has 3 heterocycles. The van der Waals surface area contributed by atoms with Gasteiger partial charge in [-0.05, 0) is 68.2 Å². The standard InChI is InChI=1S/C21H25N3O2/c1-15-4-6-19(22-12-15)16-5-7-20-17(10-16)11-18(26-20)13-23-21(25)14-24-8-2-3-9-24/h4-7,10,12,18H,2-3,8-9,11,13-14H2,1H3,(H,23,25)/t18-/m1/s1. The topological polar surface area (TPSA) is 54.5 Å². The summed E-state index contributed by atoms with van der Waals surface area (Å²) in [7, 11) is 0. The van der Waals surface area contributed by atoms with E-state index in [1.54, 1.807) is 0 Å². The lowest BCUT2D eigenvalue weighted by atomic mass is 10.0. The summed E-state index contributed by atoms with van der Waals surface area (Å²) >= 11 is 0. The van der Waals surface area contributed by atoms with E-state index in [4.69, 9.17) is 4.74 Å². The van der Waals surface area contributed by atoms with Crippen LogP contribution in [0, 0.1) is 6.92 Å². The molecule has 2 aliphatic heterocycles. The molecule has 1 aromatic carbocycles. The van der Waals surface area contributed by atoms with Gasteiger partial charge in [-0.2, -0.15) is 0 Å². The number of pyridine rings is 1. The van der Waals surface area contributed by atoms with E-state index < -0.39 is 0 Å². The highest BCUT2D eigenvalue weighted by molar-refractivity contribution is 5.78. The molecule has 5 nitrogen and oxygen atoms in total. The largest absolute Gasteiger partial charge is 0.488 e. The van der Waals surface area contributed by atoms with Crippen molar-refractivity contribution in [2.45, 2.75) is 32.3 Å². The van der Waals surface area contributed by atoms with Gasteiger partial charge in [0.1, 0.15) is 11.9 Å². The highest BCUT2D eigenvalue weighted by atomic mass is 16.5. The average Bonchev–Trinajstić information content (AvgIpc) is 3.29. The Morgan fingerprint density at radius 3 is 2.88 bits per heavy atom. The number of ether oxygens (including phenoxy) is 1. The predicted octanol–water partition coefficient (Wildman–Crippen LogP) is 2.57. The van der Waals surface area contributed by atoms with Gasteiger partial charge in [-0.3, -0.25) is 14.7 Å². The second kappa shape index (κ2) is 7.46. The lowest BCUT2D eigenvalue weighted by molar-refractivity contribution is -0.122. The summed E-state index contributed by atoms with van der Waals surface area (Å²) in [5, 5.41) is 3.02. The van der Waals surface area contributed by atoms with Gasteiger partial charge in [-0.1, -0.05) is 6.07 Å². The Bertz CT molecular complexity index is 782. The molecule has 0 unspecified atom stereocenters. The first-order valence-electron chi connectivity index (χ1n) is 9.39. The van der Waals surface area contributed by atoms with Crippen molar-refractivity contribution in [3.05, 3.63) is 47.7 Å². The second-order valence-corrected chi connectivity index (χ2v) is 7.27. The molecule has 0 aliphatic carbocycles. The van der Waals surface area contributed by atoms with Crippen molar-refractivity contribution in [3.63, 3.8) is 0 Å². The van der Waals surface area contributed by atoms with E-state index in [0.717, 1.165) is 42.1 Å². The third-order valence-electron chi connectivity index (χ3n) is 5.10.